The van der Waals surface area contributed by atoms with Crippen molar-refractivity contribution < 1.29 is 14.6 Å². The number of benzene rings is 2. The average Bonchev–Trinajstić information content (AvgIpc) is 2.94. The summed E-state index contributed by atoms with van der Waals surface area (Å²) in [6, 6.07) is 12.5. The van der Waals surface area contributed by atoms with E-state index in [4.69, 9.17) is 16.3 Å². The van der Waals surface area contributed by atoms with E-state index in [0.29, 0.717) is 22.9 Å². The van der Waals surface area contributed by atoms with E-state index in [2.05, 4.69) is 10.6 Å². The molecule has 0 saturated carbocycles. The molecule has 1 aliphatic carbocycles. The van der Waals surface area contributed by atoms with Crippen LogP contribution in [0.4, 0.5) is 10.5 Å². The van der Waals surface area contributed by atoms with Crippen LogP contribution >= 0.6 is 11.6 Å². The summed E-state index contributed by atoms with van der Waals surface area (Å²) in [6.07, 6.45) is 1.47. The summed E-state index contributed by atoms with van der Waals surface area (Å²) in [7, 11) is 1.49. The van der Waals surface area contributed by atoms with Gasteiger partial charge in [-0.1, -0.05) is 41.9 Å². The Morgan fingerprint density at radius 1 is 1.29 bits per heavy atom. The molecule has 126 valence electrons. The fourth-order valence-electron chi connectivity index (χ4n) is 3.21. The Labute approximate surface area is 145 Å². The van der Waals surface area contributed by atoms with E-state index in [0.717, 1.165) is 17.5 Å². The van der Waals surface area contributed by atoms with Gasteiger partial charge in [0, 0.05) is 0 Å². The van der Waals surface area contributed by atoms with Crippen molar-refractivity contribution in [3.05, 3.63) is 58.6 Å². The Morgan fingerprint density at radius 2 is 2.08 bits per heavy atom. The molecular formula is C18H19ClN2O3. The standard InChI is InChI=1S/C18H19ClN2O3/c1-24-16-14(19)7-4-8-15(16)20-17(23)21-18(11-22)10-9-12-5-2-3-6-13(12)18/h2-8,22H,9-11H2,1H3,(H2,20,21,23). The number of amides is 2. The predicted octanol–water partition coefficient (Wildman–Crippen LogP) is 3.30. The number of urea groups is 1. The Bertz CT molecular complexity index is 766. The molecule has 0 fully saturated rings. The van der Waals surface area contributed by atoms with Crippen LogP contribution in [0.1, 0.15) is 17.5 Å². The van der Waals surface area contributed by atoms with Crippen molar-refractivity contribution in [1.29, 1.82) is 0 Å². The molecule has 1 atom stereocenters. The largest absolute Gasteiger partial charge is 0.493 e. The van der Waals surface area contributed by atoms with Crippen molar-refractivity contribution in [3.63, 3.8) is 0 Å². The molecule has 0 aromatic heterocycles. The second kappa shape index (κ2) is 6.71. The van der Waals surface area contributed by atoms with E-state index in [1.165, 1.54) is 7.11 Å². The zero-order chi connectivity index (χ0) is 17.2. The highest BCUT2D eigenvalue weighted by Gasteiger charge is 2.39. The number of fused-ring (bicyclic) bond motifs is 1. The number of halogens is 1. The quantitative estimate of drug-likeness (QED) is 0.795. The molecule has 5 nitrogen and oxygen atoms in total. The Hall–Kier alpha value is -2.24. The van der Waals surface area contributed by atoms with Crippen molar-refractivity contribution >= 4 is 23.3 Å². The number of hydrogen-bond donors (Lipinski definition) is 3. The number of rotatable bonds is 4. The second-order valence-electron chi connectivity index (χ2n) is 5.80. The van der Waals surface area contributed by atoms with E-state index >= 15 is 0 Å². The number of aliphatic hydroxyl groups is 1. The smallest absolute Gasteiger partial charge is 0.320 e. The number of aliphatic hydroxyl groups excluding tert-OH is 1. The summed E-state index contributed by atoms with van der Waals surface area (Å²) >= 11 is 6.07. The predicted molar refractivity (Wildman–Crippen MR) is 93.7 cm³/mol. The first-order chi connectivity index (χ1) is 11.6. The van der Waals surface area contributed by atoms with Crippen LogP contribution < -0.4 is 15.4 Å². The van der Waals surface area contributed by atoms with Gasteiger partial charge in [-0.3, -0.25) is 0 Å². The highest BCUT2D eigenvalue weighted by Crippen LogP contribution is 2.37. The number of nitrogens with one attached hydrogen (secondary N) is 2. The highest BCUT2D eigenvalue weighted by atomic mass is 35.5. The van der Waals surface area contributed by atoms with Gasteiger partial charge in [-0.2, -0.15) is 0 Å². The summed E-state index contributed by atoms with van der Waals surface area (Å²) in [5, 5.41) is 16.0. The van der Waals surface area contributed by atoms with Gasteiger partial charge in [0.05, 0.1) is 30.0 Å². The number of aryl methyl sites for hydroxylation is 1. The van der Waals surface area contributed by atoms with Gasteiger partial charge in [0.25, 0.3) is 0 Å². The maximum atomic E-state index is 12.5. The van der Waals surface area contributed by atoms with Crippen LogP contribution in [0.15, 0.2) is 42.5 Å². The number of carbonyl (C=O) groups excluding carboxylic acids is 1. The summed E-state index contributed by atoms with van der Waals surface area (Å²) in [5.74, 6) is 0.402. The molecule has 1 aliphatic rings. The number of methoxy groups -OCH3 is 1. The van der Waals surface area contributed by atoms with Gasteiger partial charge < -0.3 is 20.5 Å². The SMILES string of the molecule is COc1c(Cl)cccc1NC(=O)NC1(CO)CCc2ccccc21. The lowest BCUT2D eigenvalue weighted by Gasteiger charge is -2.29. The molecule has 1 unspecified atom stereocenters. The van der Waals surface area contributed by atoms with E-state index in [1.54, 1.807) is 18.2 Å². The van der Waals surface area contributed by atoms with Crippen LogP contribution in [0, 0.1) is 0 Å². The molecule has 0 bridgehead atoms. The number of para-hydroxylation sites is 1. The minimum Gasteiger partial charge on any atom is -0.493 e. The van der Waals surface area contributed by atoms with Gasteiger partial charge in [0.15, 0.2) is 5.75 Å². The van der Waals surface area contributed by atoms with Gasteiger partial charge in [0.1, 0.15) is 0 Å². The maximum Gasteiger partial charge on any atom is 0.320 e. The molecule has 2 amide bonds. The lowest BCUT2D eigenvalue weighted by molar-refractivity contribution is 0.164. The Kier molecular flexibility index (Phi) is 4.64. The first-order valence-corrected chi connectivity index (χ1v) is 8.08. The normalized spacial score (nSPS) is 18.8. The molecule has 3 rings (SSSR count). The van der Waals surface area contributed by atoms with Gasteiger partial charge >= 0.3 is 6.03 Å². The van der Waals surface area contributed by atoms with Gasteiger partial charge in [0.2, 0.25) is 0 Å². The van der Waals surface area contributed by atoms with Crippen molar-refractivity contribution in [2.75, 3.05) is 19.0 Å². The number of carbonyl (C=O) groups is 1. The molecule has 0 saturated heterocycles. The summed E-state index contributed by atoms with van der Waals surface area (Å²) in [6.45, 7) is -0.163. The minimum absolute atomic E-state index is 0.163. The molecule has 0 aliphatic heterocycles. The van der Waals surface area contributed by atoms with Crippen LogP contribution in [0.5, 0.6) is 5.75 Å². The first-order valence-electron chi connectivity index (χ1n) is 7.70. The van der Waals surface area contributed by atoms with Crippen LogP contribution in [0.2, 0.25) is 5.02 Å². The molecule has 2 aromatic carbocycles. The molecule has 0 heterocycles. The monoisotopic (exact) mass is 346 g/mol. The first kappa shape index (κ1) is 16.6. The van der Waals surface area contributed by atoms with Crippen molar-refractivity contribution in [3.8, 4) is 5.75 Å². The lowest BCUT2D eigenvalue weighted by atomic mass is 9.93. The zero-order valence-electron chi connectivity index (χ0n) is 13.3. The lowest BCUT2D eigenvalue weighted by Crippen LogP contribution is -2.48. The van der Waals surface area contributed by atoms with Gasteiger partial charge in [-0.05, 0) is 36.1 Å². The van der Waals surface area contributed by atoms with Crippen LogP contribution in [-0.4, -0.2) is 24.9 Å². The Morgan fingerprint density at radius 3 is 2.83 bits per heavy atom. The summed E-state index contributed by atoms with van der Waals surface area (Å²) in [4.78, 5) is 12.5. The fraction of sp³-hybridized carbons (Fsp3) is 0.278. The third-order valence-electron chi connectivity index (χ3n) is 4.40. The van der Waals surface area contributed by atoms with E-state index < -0.39 is 11.6 Å². The van der Waals surface area contributed by atoms with Gasteiger partial charge in [-0.15, -0.1) is 0 Å². The van der Waals surface area contributed by atoms with E-state index in [9.17, 15) is 9.90 Å². The fourth-order valence-corrected chi connectivity index (χ4v) is 3.46. The van der Waals surface area contributed by atoms with Crippen molar-refractivity contribution in [2.24, 2.45) is 0 Å². The average molecular weight is 347 g/mol. The number of ether oxygens (including phenoxy) is 1. The van der Waals surface area contributed by atoms with Crippen LogP contribution in [-0.2, 0) is 12.0 Å². The van der Waals surface area contributed by atoms with Crippen LogP contribution in [0.3, 0.4) is 0 Å². The van der Waals surface area contributed by atoms with Crippen molar-refractivity contribution in [2.45, 2.75) is 18.4 Å². The third-order valence-corrected chi connectivity index (χ3v) is 4.69. The Balaban J connectivity index is 1.81. The second-order valence-corrected chi connectivity index (χ2v) is 6.20. The number of hydrogen-bond acceptors (Lipinski definition) is 3. The molecule has 0 radical (unpaired) electrons. The number of anilines is 1. The molecule has 3 N–H and O–H groups in total. The van der Waals surface area contributed by atoms with E-state index in [-0.39, 0.29) is 6.61 Å². The van der Waals surface area contributed by atoms with Crippen LogP contribution in [0.25, 0.3) is 0 Å². The molecule has 0 spiro atoms. The van der Waals surface area contributed by atoms with Crippen molar-refractivity contribution in [1.82, 2.24) is 5.32 Å². The van der Waals surface area contributed by atoms with E-state index in [1.807, 2.05) is 24.3 Å². The zero-order valence-corrected chi connectivity index (χ0v) is 14.1. The summed E-state index contributed by atoms with van der Waals surface area (Å²) < 4.78 is 5.23. The molecule has 24 heavy (non-hydrogen) atoms. The minimum atomic E-state index is -0.771. The topological polar surface area (TPSA) is 70.6 Å². The van der Waals surface area contributed by atoms with Gasteiger partial charge in [-0.25, -0.2) is 4.79 Å². The molecule has 6 heteroatoms. The highest BCUT2D eigenvalue weighted by molar-refractivity contribution is 6.32. The maximum absolute atomic E-state index is 12.5. The molecule has 2 aromatic rings. The summed E-state index contributed by atoms with van der Waals surface area (Å²) in [5.41, 5.74) is 1.81. The molecular weight excluding hydrogens is 328 g/mol. The third kappa shape index (κ3) is 2.92.